The summed E-state index contributed by atoms with van der Waals surface area (Å²) >= 11 is 0. The van der Waals surface area contributed by atoms with Gasteiger partial charge in [-0.15, -0.1) is 0 Å². The number of rotatable bonds is 2. The molecule has 0 fully saturated rings. The third-order valence-electron chi connectivity index (χ3n) is 3.79. The van der Waals surface area contributed by atoms with Crippen LogP contribution in [-0.4, -0.2) is 4.98 Å². The number of H-pyrrole nitrogens is 1. The lowest BCUT2D eigenvalue weighted by Gasteiger charge is -2.10. The smallest absolute Gasteiger partial charge is 0.366 e. The highest BCUT2D eigenvalue weighted by Gasteiger charge is 2.31. The molecule has 0 aliphatic rings. The first-order valence-corrected chi connectivity index (χ1v) is 7.18. The summed E-state index contributed by atoms with van der Waals surface area (Å²) in [4.78, 5) is 2.84. The maximum Gasteiger partial charge on any atom is 0.416 e. The molecule has 0 saturated carbocycles. The van der Waals surface area contributed by atoms with Crippen LogP contribution >= 0.6 is 0 Å². The van der Waals surface area contributed by atoms with Gasteiger partial charge in [0, 0.05) is 23.5 Å². The van der Waals surface area contributed by atoms with E-state index in [4.69, 9.17) is 0 Å². The van der Waals surface area contributed by atoms with E-state index in [0.29, 0.717) is 22.3 Å². The van der Waals surface area contributed by atoms with Gasteiger partial charge in [-0.2, -0.15) is 26.3 Å². The van der Waals surface area contributed by atoms with Gasteiger partial charge in [0.1, 0.15) is 0 Å². The zero-order valence-corrected chi connectivity index (χ0v) is 12.5. The van der Waals surface area contributed by atoms with Crippen molar-refractivity contribution in [2.75, 3.05) is 0 Å². The summed E-state index contributed by atoms with van der Waals surface area (Å²) in [6.45, 7) is 0. The Kier molecular flexibility index (Phi) is 4.10. The Morgan fingerprint density at radius 3 is 1.12 bits per heavy atom. The van der Waals surface area contributed by atoms with Crippen LogP contribution in [-0.2, 0) is 12.4 Å². The molecule has 0 spiro atoms. The van der Waals surface area contributed by atoms with Gasteiger partial charge in [-0.25, -0.2) is 0 Å². The highest BCUT2D eigenvalue weighted by molar-refractivity contribution is 5.83. The molecule has 7 heteroatoms. The predicted octanol–water partition coefficient (Wildman–Crippen LogP) is 6.39. The van der Waals surface area contributed by atoms with Crippen LogP contribution in [0.15, 0.2) is 60.9 Å². The molecule has 0 bridgehead atoms. The Balaban J connectivity index is 1.96. The maximum atomic E-state index is 12.6. The lowest BCUT2D eigenvalue weighted by molar-refractivity contribution is -0.138. The standard InChI is InChI=1S/C18H11F6N/c19-17(20,21)13-5-1-11(2-6-13)15-9-25-10-16(15)12-3-7-14(8-4-12)18(22,23)24/h1-10,25H. The van der Waals surface area contributed by atoms with Crippen LogP contribution in [0.3, 0.4) is 0 Å². The van der Waals surface area contributed by atoms with Crippen LogP contribution < -0.4 is 0 Å². The van der Waals surface area contributed by atoms with Crippen molar-refractivity contribution in [3.05, 3.63) is 72.1 Å². The van der Waals surface area contributed by atoms with E-state index in [0.717, 1.165) is 24.3 Å². The third kappa shape index (κ3) is 3.55. The molecule has 0 atom stereocenters. The van der Waals surface area contributed by atoms with Crippen LogP contribution in [0.2, 0.25) is 0 Å². The molecule has 1 N–H and O–H groups in total. The highest BCUT2D eigenvalue weighted by Crippen LogP contribution is 2.36. The second-order valence-corrected chi connectivity index (χ2v) is 5.43. The molecule has 3 rings (SSSR count). The van der Waals surface area contributed by atoms with Crippen molar-refractivity contribution < 1.29 is 26.3 Å². The number of aromatic nitrogens is 1. The minimum absolute atomic E-state index is 0.532. The van der Waals surface area contributed by atoms with Crippen LogP contribution in [0.5, 0.6) is 0 Å². The minimum Gasteiger partial charge on any atom is -0.366 e. The topological polar surface area (TPSA) is 15.8 Å². The fourth-order valence-electron chi connectivity index (χ4n) is 2.52. The summed E-state index contributed by atoms with van der Waals surface area (Å²) < 4.78 is 75.9. The summed E-state index contributed by atoms with van der Waals surface area (Å²) in [7, 11) is 0. The Hall–Kier alpha value is -2.70. The van der Waals surface area contributed by atoms with Gasteiger partial charge < -0.3 is 4.98 Å². The number of hydrogen-bond acceptors (Lipinski definition) is 0. The molecular weight excluding hydrogens is 344 g/mol. The molecule has 1 heterocycles. The first kappa shape index (κ1) is 17.1. The fraction of sp³-hybridized carbons (Fsp3) is 0.111. The van der Waals surface area contributed by atoms with Gasteiger partial charge in [-0.05, 0) is 35.4 Å². The average molecular weight is 355 g/mol. The van der Waals surface area contributed by atoms with E-state index in [2.05, 4.69) is 4.98 Å². The van der Waals surface area contributed by atoms with E-state index in [9.17, 15) is 26.3 Å². The molecule has 0 unspecified atom stereocenters. The second-order valence-electron chi connectivity index (χ2n) is 5.43. The Bertz CT molecular complexity index is 782. The first-order valence-electron chi connectivity index (χ1n) is 7.18. The number of nitrogens with one attached hydrogen (secondary N) is 1. The molecule has 25 heavy (non-hydrogen) atoms. The molecule has 0 aliphatic carbocycles. The van der Waals surface area contributed by atoms with Crippen molar-refractivity contribution in [2.45, 2.75) is 12.4 Å². The predicted molar refractivity (Wildman–Crippen MR) is 81.7 cm³/mol. The normalized spacial score (nSPS) is 12.4. The maximum absolute atomic E-state index is 12.6. The van der Waals surface area contributed by atoms with Gasteiger partial charge in [0.2, 0.25) is 0 Å². The molecule has 130 valence electrons. The average Bonchev–Trinajstić information content (AvgIpc) is 3.03. The number of halogens is 6. The third-order valence-corrected chi connectivity index (χ3v) is 3.79. The number of hydrogen-bond donors (Lipinski definition) is 1. The van der Waals surface area contributed by atoms with E-state index in [1.807, 2.05) is 0 Å². The molecule has 2 aromatic carbocycles. The van der Waals surface area contributed by atoms with E-state index in [1.165, 1.54) is 24.3 Å². The van der Waals surface area contributed by atoms with Crippen molar-refractivity contribution in [2.24, 2.45) is 0 Å². The monoisotopic (exact) mass is 355 g/mol. The van der Waals surface area contributed by atoms with Crippen LogP contribution in [0.25, 0.3) is 22.3 Å². The summed E-state index contributed by atoms with van der Waals surface area (Å²) in [6.07, 6.45) is -5.66. The highest BCUT2D eigenvalue weighted by atomic mass is 19.4. The molecular formula is C18H11F6N. The van der Waals surface area contributed by atoms with E-state index >= 15 is 0 Å². The molecule has 0 amide bonds. The van der Waals surface area contributed by atoms with Gasteiger partial charge in [0.05, 0.1) is 11.1 Å². The zero-order valence-electron chi connectivity index (χ0n) is 12.5. The SMILES string of the molecule is FC(F)(F)c1ccc(-c2c[nH]cc2-c2ccc(C(F)(F)F)cc2)cc1. The molecule has 0 aliphatic heterocycles. The van der Waals surface area contributed by atoms with E-state index in [-0.39, 0.29) is 0 Å². The number of alkyl halides is 6. The summed E-state index contributed by atoms with van der Waals surface area (Å²) in [6, 6.07) is 9.22. The fourth-order valence-corrected chi connectivity index (χ4v) is 2.52. The molecule has 1 nitrogen and oxygen atoms in total. The zero-order chi connectivity index (χ0) is 18.2. The minimum atomic E-state index is -4.42. The Morgan fingerprint density at radius 2 is 0.840 bits per heavy atom. The summed E-state index contributed by atoms with van der Waals surface area (Å²) in [5.41, 5.74) is 0.751. The van der Waals surface area contributed by atoms with Gasteiger partial charge in [-0.1, -0.05) is 24.3 Å². The number of benzene rings is 2. The summed E-state index contributed by atoms with van der Waals surface area (Å²) in [5.74, 6) is 0. The van der Waals surface area contributed by atoms with Crippen LogP contribution in [0.4, 0.5) is 26.3 Å². The van der Waals surface area contributed by atoms with Gasteiger partial charge in [0.25, 0.3) is 0 Å². The van der Waals surface area contributed by atoms with Crippen molar-refractivity contribution in [1.29, 1.82) is 0 Å². The second kappa shape index (κ2) is 5.98. The van der Waals surface area contributed by atoms with Crippen molar-refractivity contribution in [3.63, 3.8) is 0 Å². The summed E-state index contributed by atoms with van der Waals surface area (Å²) in [5, 5.41) is 0. The molecule has 3 aromatic rings. The Morgan fingerprint density at radius 1 is 0.520 bits per heavy atom. The van der Waals surface area contributed by atoms with Crippen molar-refractivity contribution in [3.8, 4) is 22.3 Å². The van der Waals surface area contributed by atoms with Crippen LogP contribution in [0, 0.1) is 0 Å². The molecule has 0 radical (unpaired) electrons. The molecule has 0 saturated heterocycles. The lowest BCUT2D eigenvalue weighted by atomic mass is 9.97. The van der Waals surface area contributed by atoms with E-state index in [1.54, 1.807) is 12.4 Å². The lowest BCUT2D eigenvalue weighted by Crippen LogP contribution is -2.04. The van der Waals surface area contributed by atoms with Gasteiger partial charge in [0.15, 0.2) is 0 Å². The first-order chi connectivity index (χ1) is 11.7. The van der Waals surface area contributed by atoms with Gasteiger partial charge in [-0.3, -0.25) is 0 Å². The number of aromatic amines is 1. The van der Waals surface area contributed by atoms with Crippen molar-refractivity contribution in [1.82, 2.24) is 4.98 Å². The largest absolute Gasteiger partial charge is 0.416 e. The van der Waals surface area contributed by atoms with Crippen LogP contribution in [0.1, 0.15) is 11.1 Å². The Labute approximate surface area is 138 Å². The molecule has 1 aromatic heterocycles. The van der Waals surface area contributed by atoms with Gasteiger partial charge >= 0.3 is 12.4 Å². The quantitative estimate of drug-likeness (QED) is 0.513. The van der Waals surface area contributed by atoms with Crippen molar-refractivity contribution >= 4 is 0 Å². The van der Waals surface area contributed by atoms with E-state index < -0.39 is 23.5 Å².